The van der Waals surface area contributed by atoms with Crippen molar-refractivity contribution >= 4 is 11.9 Å². The maximum Gasteiger partial charge on any atom is 0.309 e. The number of rotatable bonds is 5. The lowest BCUT2D eigenvalue weighted by Crippen LogP contribution is -2.37. The van der Waals surface area contributed by atoms with Crippen LogP contribution in [0.2, 0.25) is 0 Å². The van der Waals surface area contributed by atoms with Gasteiger partial charge in [-0.25, -0.2) is 0 Å². The van der Waals surface area contributed by atoms with Crippen LogP contribution in [-0.4, -0.2) is 35.0 Å². The molecule has 0 heterocycles. The Morgan fingerprint density at radius 2 is 2.00 bits per heavy atom. The number of carbonyl (C=O) groups excluding carboxylic acids is 1. The molecule has 0 aromatic rings. The topological polar surface area (TPSA) is 57.6 Å². The number of carboxylic acids is 1. The normalized spacial score (nSPS) is 10.5. The Morgan fingerprint density at radius 3 is 2.33 bits per heavy atom. The quantitative estimate of drug-likeness (QED) is 0.689. The largest absolute Gasteiger partial charge is 0.481 e. The molecule has 0 aliphatic carbocycles. The highest BCUT2D eigenvalue weighted by Crippen LogP contribution is 2.21. The van der Waals surface area contributed by atoms with E-state index in [4.69, 9.17) is 11.5 Å². The standard InChI is InChI=1S/C11H17NO3/c1-5-7-12(6-2)9(13)8-11(3,4)10(14)15/h1H,6-8H2,2-4H3,(H,14,15). The van der Waals surface area contributed by atoms with Gasteiger partial charge in [0.2, 0.25) is 5.91 Å². The van der Waals surface area contributed by atoms with Crippen LogP contribution >= 0.6 is 0 Å². The van der Waals surface area contributed by atoms with Crippen molar-refractivity contribution in [3.63, 3.8) is 0 Å². The Morgan fingerprint density at radius 1 is 1.47 bits per heavy atom. The minimum atomic E-state index is -1.04. The zero-order chi connectivity index (χ0) is 12.1. The predicted octanol–water partition coefficient (Wildman–Crippen LogP) is 0.969. The molecule has 0 rings (SSSR count). The lowest BCUT2D eigenvalue weighted by molar-refractivity contribution is -0.151. The highest BCUT2D eigenvalue weighted by molar-refractivity contribution is 5.84. The molecule has 84 valence electrons. The highest BCUT2D eigenvalue weighted by Gasteiger charge is 2.31. The summed E-state index contributed by atoms with van der Waals surface area (Å²) in [5.74, 6) is 1.17. The summed E-state index contributed by atoms with van der Waals surface area (Å²) in [6, 6.07) is 0. The summed E-state index contributed by atoms with van der Waals surface area (Å²) in [6.07, 6.45) is 5.08. The lowest BCUT2D eigenvalue weighted by Gasteiger charge is -2.24. The fraction of sp³-hybridized carbons (Fsp3) is 0.636. The Balaban J connectivity index is 4.48. The molecule has 4 nitrogen and oxygen atoms in total. The third-order valence-electron chi connectivity index (χ3n) is 2.19. The van der Waals surface area contributed by atoms with Gasteiger partial charge in [-0.1, -0.05) is 5.92 Å². The molecule has 0 aliphatic heterocycles. The maximum atomic E-state index is 11.7. The van der Waals surface area contributed by atoms with Crippen LogP contribution in [0.1, 0.15) is 27.2 Å². The minimum absolute atomic E-state index is 0.0299. The van der Waals surface area contributed by atoms with Gasteiger partial charge in [0.15, 0.2) is 0 Å². The van der Waals surface area contributed by atoms with E-state index in [9.17, 15) is 9.59 Å². The van der Waals surface area contributed by atoms with E-state index in [-0.39, 0.29) is 18.9 Å². The Hall–Kier alpha value is -1.50. The molecular formula is C11H17NO3. The second-order valence-electron chi connectivity index (χ2n) is 3.98. The van der Waals surface area contributed by atoms with Crippen LogP contribution in [0.5, 0.6) is 0 Å². The summed E-state index contributed by atoms with van der Waals surface area (Å²) in [6.45, 7) is 5.58. The Kier molecular flexibility index (Phi) is 4.86. The van der Waals surface area contributed by atoms with E-state index < -0.39 is 11.4 Å². The summed E-state index contributed by atoms with van der Waals surface area (Å²) >= 11 is 0. The number of terminal acetylenes is 1. The minimum Gasteiger partial charge on any atom is -0.481 e. The lowest BCUT2D eigenvalue weighted by atomic mass is 9.89. The number of amides is 1. The van der Waals surface area contributed by atoms with Crippen molar-refractivity contribution in [1.29, 1.82) is 0 Å². The molecule has 0 aromatic carbocycles. The first-order valence-corrected chi connectivity index (χ1v) is 4.79. The molecular weight excluding hydrogens is 194 g/mol. The predicted molar refractivity (Wildman–Crippen MR) is 57.1 cm³/mol. The third kappa shape index (κ3) is 4.03. The second-order valence-corrected chi connectivity index (χ2v) is 3.98. The van der Waals surface area contributed by atoms with Crippen LogP contribution in [0, 0.1) is 17.8 Å². The van der Waals surface area contributed by atoms with Gasteiger partial charge >= 0.3 is 5.97 Å². The number of carboxylic acid groups (broad SMARTS) is 1. The van der Waals surface area contributed by atoms with Crippen molar-refractivity contribution in [2.24, 2.45) is 5.41 Å². The van der Waals surface area contributed by atoms with Crippen molar-refractivity contribution in [2.45, 2.75) is 27.2 Å². The van der Waals surface area contributed by atoms with Gasteiger partial charge in [0, 0.05) is 13.0 Å². The number of hydrogen-bond acceptors (Lipinski definition) is 2. The first kappa shape index (κ1) is 13.5. The van der Waals surface area contributed by atoms with Gasteiger partial charge < -0.3 is 10.0 Å². The Bertz CT molecular complexity index is 289. The van der Waals surface area contributed by atoms with Gasteiger partial charge in [-0.05, 0) is 20.8 Å². The SMILES string of the molecule is C#CCN(CC)C(=O)CC(C)(C)C(=O)O. The van der Waals surface area contributed by atoms with E-state index in [0.29, 0.717) is 6.54 Å². The number of aliphatic carboxylic acids is 1. The summed E-state index contributed by atoms with van der Waals surface area (Å²) < 4.78 is 0. The van der Waals surface area contributed by atoms with Crippen molar-refractivity contribution in [2.75, 3.05) is 13.1 Å². The number of nitrogens with zero attached hydrogens (tertiary/aromatic N) is 1. The molecule has 0 fully saturated rings. The Labute approximate surface area is 90.3 Å². The first-order valence-electron chi connectivity index (χ1n) is 4.79. The molecule has 4 heteroatoms. The third-order valence-corrected chi connectivity index (χ3v) is 2.19. The van der Waals surface area contributed by atoms with Gasteiger partial charge in [0.05, 0.1) is 12.0 Å². The summed E-state index contributed by atoms with van der Waals surface area (Å²) in [5.41, 5.74) is -1.04. The van der Waals surface area contributed by atoms with E-state index in [1.165, 1.54) is 18.7 Å². The van der Waals surface area contributed by atoms with Crippen LogP contribution in [-0.2, 0) is 9.59 Å². The number of carbonyl (C=O) groups is 2. The average Bonchev–Trinajstić information content (AvgIpc) is 2.12. The molecule has 0 aliphatic rings. The van der Waals surface area contributed by atoms with Gasteiger partial charge in [-0.3, -0.25) is 9.59 Å². The summed E-state index contributed by atoms with van der Waals surface area (Å²) in [7, 11) is 0. The molecule has 0 saturated heterocycles. The van der Waals surface area contributed by atoms with Gasteiger partial charge in [0.25, 0.3) is 0 Å². The molecule has 0 saturated carbocycles. The van der Waals surface area contributed by atoms with Crippen molar-refractivity contribution in [3.05, 3.63) is 0 Å². The smallest absolute Gasteiger partial charge is 0.309 e. The van der Waals surface area contributed by atoms with Crippen LogP contribution in [0.15, 0.2) is 0 Å². The van der Waals surface area contributed by atoms with Gasteiger partial charge in [-0.15, -0.1) is 6.42 Å². The van der Waals surface area contributed by atoms with Crippen molar-refractivity contribution in [3.8, 4) is 12.3 Å². The number of hydrogen-bond donors (Lipinski definition) is 1. The van der Waals surface area contributed by atoms with E-state index >= 15 is 0 Å². The van der Waals surface area contributed by atoms with Crippen LogP contribution in [0.3, 0.4) is 0 Å². The molecule has 1 N–H and O–H groups in total. The zero-order valence-electron chi connectivity index (χ0n) is 9.41. The molecule has 0 unspecified atom stereocenters. The van der Waals surface area contributed by atoms with E-state index in [2.05, 4.69) is 5.92 Å². The molecule has 15 heavy (non-hydrogen) atoms. The van der Waals surface area contributed by atoms with Gasteiger partial charge in [0.1, 0.15) is 0 Å². The molecule has 1 amide bonds. The maximum absolute atomic E-state index is 11.7. The van der Waals surface area contributed by atoms with Crippen molar-refractivity contribution in [1.82, 2.24) is 4.90 Å². The molecule has 0 bridgehead atoms. The van der Waals surface area contributed by atoms with Crippen molar-refractivity contribution < 1.29 is 14.7 Å². The first-order chi connectivity index (χ1) is 6.85. The van der Waals surface area contributed by atoms with Crippen LogP contribution < -0.4 is 0 Å². The van der Waals surface area contributed by atoms with Gasteiger partial charge in [-0.2, -0.15) is 0 Å². The monoisotopic (exact) mass is 211 g/mol. The molecule has 0 atom stereocenters. The average molecular weight is 211 g/mol. The van der Waals surface area contributed by atoms with E-state index in [0.717, 1.165) is 0 Å². The molecule has 0 spiro atoms. The fourth-order valence-electron chi connectivity index (χ4n) is 1.05. The summed E-state index contributed by atoms with van der Waals surface area (Å²) in [5, 5.41) is 8.86. The second kappa shape index (κ2) is 5.40. The summed E-state index contributed by atoms with van der Waals surface area (Å²) in [4.78, 5) is 23.9. The van der Waals surface area contributed by atoms with Crippen LogP contribution in [0.25, 0.3) is 0 Å². The molecule has 0 aromatic heterocycles. The highest BCUT2D eigenvalue weighted by atomic mass is 16.4. The van der Waals surface area contributed by atoms with Crippen LogP contribution in [0.4, 0.5) is 0 Å². The van der Waals surface area contributed by atoms with E-state index in [1.54, 1.807) is 0 Å². The fourth-order valence-corrected chi connectivity index (χ4v) is 1.05. The zero-order valence-corrected chi connectivity index (χ0v) is 9.41. The molecule has 0 radical (unpaired) electrons. The van der Waals surface area contributed by atoms with E-state index in [1.807, 2.05) is 6.92 Å².